The molecule has 2 aromatic carbocycles. The average Bonchev–Trinajstić information content (AvgIpc) is 2.58. The fraction of sp³-hybridized carbons (Fsp3) is 0.200. The van der Waals surface area contributed by atoms with Gasteiger partial charge in [0, 0.05) is 0 Å². The Morgan fingerprint density at radius 1 is 0.727 bits per heavy atom. The summed E-state index contributed by atoms with van der Waals surface area (Å²) in [6.07, 6.45) is 10.6. The molecule has 0 aliphatic carbocycles. The van der Waals surface area contributed by atoms with Crippen LogP contribution in [0.3, 0.4) is 0 Å². The molecule has 0 N–H and O–H groups in total. The maximum atomic E-state index is 5.21. The van der Waals surface area contributed by atoms with Gasteiger partial charge < -0.3 is 9.47 Å². The van der Waals surface area contributed by atoms with Crippen molar-refractivity contribution in [1.29, 1.82) is 0 Å². The summed E-state index contributed by atoms with van der Waals surface area (Å²) in [5.41, 5.74) is 2.33. The van der Waals surface area contributed by atoms with E-state index < -0.39 is 0 Å². The first-order valence-corrected chi connectivity index (χ1v) is 7.43. The molecule has 2 rings (SSSR count). The third-order valence-electron chi connectivity index (χ3n) is 3.31. The molecule has 0 atom stereocenters. The molecule has 0 amide bonds. The molecule has 0 saturated heterocycles. The molecule has 22 heavy (non-hydrogen) atoms. The highest BCUT2D eigenvalue weighted by Crippen LogP contribution is 2.15. The van der Waals surface area contributed by atoms with E-state index in [1.54, 1.807) is 14.2 Å². The molecule has 0 saturated carbocycles. The minimum absolute atomic E-state index is 0.889. The zero-order valence-electron chi connectivity index (χ0n) is 13.2. The Bertz CT molecular complexity index is 584. The van der Waals surface area contributed by atoms with Crippen molar-refractivity contribution >= 4 is 12.2 Å². The van der Waals surface area contributed by atoms with Crippen molar-refractivity contribution in [3.8, 4) is 11.5 Å². The molecule has 0 aromatic heterocycles. The Hall–Kier alpha value is -2.48. The van der Waals surface area contributed by atoms with Crippen molar-refractivity contribution in [1.82, 2.24) is 0 Å². The van der Waals surface area contributed by atoms with Crippen LogP contribution in [0.1, 0.15) is 24.0 Å². The summed E-state index contributed by atoms with van der Waals surface area (Å²) < 4.78 is 10.4. The third-order valence-corrected chi connectivity index (χ3v) is 3.31. The maximum absolute atomic E-state index is 5.21. The second-order valence-corrected chi connectivity index (χ2v) is 4.94. The fourth-order valence-electron chi connectivity index (χ4n) is 2.12. The van der Waals surface area contributed by atoms with E-state index in [9.17, 15) is 0 Å². The zero-order chi connectivity index (χ0) is 15.6. The Balaban J connectivity index is 1.80. The van der Waals surface area contributed by atoms with Gasteiger partial charge in [-0.25, -0.2) is 0 Å². The van der Waals surface area contributed by atoms with Crippen molar-refractivity contribution in [2.75, 3.05) is 14.2 Å². The topological polar surface area (TPSA) is 18.5 Å². The quantitative estimate of drug-likeness (QED) is 0.653. The summed E-state index contributed by atoms with van der Waals surface area (Å²) in [5, 5.41) is 0. The molecular formula is C20H22O2. The molecule has 0 aliphatic heterocycles. The van der Waals surface area contributed by atoms with E-state index in [-0.39, 0.29) is 0 Å². The lowest BCUT2D eigenvalue weighted by Gasteiger charge is -2.00. The monoisotopic (exact) mass is 294 g/mol. The van der Waals surface area contributed by atoms with Crippen LogP contribution in [-0.2, 0) is 0 Å². The maximum Gasteiger partial charge on any atom is 0.119 e. The van der Waals surface area contributed by atoms with Crippen LogP contribution in [0.15, 0.2) is 60.7 Å². The standard InChI is InChI=1S/C20H22O2/c1-21-19-13-7-11-17(15-19)9-5-3-4-6-10-18-12-8-14-20(16-18)22-2/h5-16H,3-4H2,1-2H3/b9-5+,10-6+. The van der Waals surface area contributed by atoms with Crippen LogP contribution in [0.4, 0.5) is 0 Å². The molecule has 0 unspecified atom stereocenters. The Labute approximate surface area is 132 Å². The molecule has 0 aliphatic rings. The van der Waals surface area contributed by atoms with Gasteiger partial charge in [-0.1, -0.05) is 48.6 Å². The van der Waals surface area contributed by atoms with Crippen LogP contribution in [0.25, 0.3) is 12.2 Å². The van der Waals surface area contributed by atoms with Crippen LogP contribution in [-0.4, -0.2) is 14.2 Å². The van der Waals surface area contributed by atoms with Gasteiger partial charge in [0.2, 0.25) is 0 Å². The number of benzene rings is 2. The van der Waals surface area contributed by atoms with Gasteiger partial charge in [-0.05, 0) is 48.2 Å². The Morgan fingerprint density at radius 3 is 1.59 bits per heavy atom. The van der Waals surface area contributed by atoms with Crippen molar-refractivity contribution < 1.29 is 9.47 Å². The van der Waals surface area contributed by atoms with Crippen molar-refractivity contribution in [2.45, 2.75) is 12.8 Å². The van der Waals surface area contributed by atoms with Gasteiger partial charge in [0.15, 0.2) is 0 Å². The summed E-state index contributed by atoms with van der Waals surface area (Å²) in [7, 11) is 3.37. The number of ether oxygens (including phenoxy) is 2. The number of rotatable bonds is 7. The van der Waals surface area contributed by atoms with Crippen LogP contribution in [0, 0.1) is 0 Å². The van der Waals surface area contributed by atoms with E-state index in [2.05, 4.69) is 36.4 Å². The van der Waals surface area contributed by atoms with E-state index >= 15 is 0 Å². The second-order valence-electron chi connectivity index (χ2n) is 4.94. The van der Waals surface area contributed by atoms with Crippen LogP contribution in [0.5, 0.6) is 11.5 Å². The van der Waals surface area contributed by atoms with Gasteiger partial charge in [-0.15, -0.1) is 0 Å². The number of hydrogen-bond donors (Lipinski definition) is 0. The number of unbranched alkanes of at least 4 members (excludes halogenated alkanes) is 1. The van der Waals surface area contributed by atoms with Crippen molar-refractivity contribution in [2.24, 2.45) is 0 Å². The lowest BCUT2D eigenvalue weighted by molar-refractivity contribution is 0.414. The predicted octanol–water partition coefficient (Wildman–Crippen LogP) is 5.21. The molecular weight excluding hydrogens is 272 g/mol. The fourth-order valence-corrected chi connectivity index (χ4v) is 2.12. The highest BCUT2D eigenvalue weighted by atomic mass is 16.5. The highest BCUT2D eigenvalue weighted by Gasteiger charge is 1.92. The van der Waals surface area contributed by atoms with Gasteiger partial charge in [0.25, 0.3) is 0 Å². The lowest BCUT2D eigenvalue weighted by atomic mass is 10.1. The van der Waals surface area contributed by atoms with Crippen molar-refractivity contribution in [3.63, 3.8) is 0 Å². The summed E-state index contributed by atoms with van der Waals surface area (Å²) in [4.78, 5) is 0. The smallest absolute Gasteiger partial charge is 0.119 e. The van der Waals surface area contributed by atoms with Gasteiger partial charge in [0.1, 0.15) is 11.5 Å². The molecule has 0 spiro atoms. The summed E-state index contributed by atoms with van der Waals surface area (Å²) in [5.74, 6) is 1.78. The molecule has 0 bridgehead atoms. The molecule has 114 valence electrons. The van der Waals surface area contributed by atoms with Crippen molar-refractivity contribution in [3.05, 3.63) is 71.8 Å². The minimum Gasteiger partial charge on any atom is -0.497 e. The largest absolute Gasteiger partial charge is 0.497 e. The molecule has 2 heteroatoms. The van der Waals surface area contributed by atoms with Gasteiger partial charge in [0.05, 0.1) is 14.2 Å². The zero-order valence-corrected chi connectivity index (χ0v) is 13.2. The molecule has 0 radical (unpaired) electrons. The highest BCUT2D eigenvalue weighted by molar-refractivity contribution is 5.53. The SMILES string of the molecule is COc1cccc(/C=C/CC/C=C/c2cccc(OC)c2)c1. The van der Waals surface area contributed by atoms with Gasteiger partial charge >= 0.3 is 0 Å². The minimum atomic E-state index is 0.889. The van der Waals surface area contributed by atoms with Gasteiger partial charge in [-0.2, -0.15) is 0 Å². The summed E-state index contributed by atoms with van der Waals surface area (Å²) in [6.45, 7) is 0. The van der Waals surface area contributed by atoms with E-state index in [0.717, 1.165) is 35.5 Å². The Morgan fingerprint density at radius 2 is 1.18 bits per heavy atom. The van der Waals surface area contributed by atoms with E-state index in [1.807, 2.05) is 36.4 Å². The first kappa shape index (κ1) is 15.9. The Kier molecular flexibility index (Phi) is 6.31. The van der Waals surface area contributed by atoms with Crippen LogP contribution >= 0.6 is 0 Å². The lowest BCUT2D eigenvalue weighted by Crippen LogP contribution is -1.82. The number of methoxy groups -OCH3 is 2. The molecule has 0 fully saturated rings. The predicted molar refractivity (Wildman–Crippen MR) is 93.3 cm³/mol. The van der Waals surface area contributed by atoms with E-state index in [0.29, 0.717) is 0 Å². The number of allylic oxidation sites excluding steroid dienone is 2. The van der Waals surface area contributed by atoms with E-state index in [1.165, 1.54) is 0 Å². The second kappa shape index (κ2) is 8.73. The van der Waals surface area contributed by atoms with Gasteiger partial charge in [-0.3, -0.25) is 0 Å². The normalized spacial score (nSPS) is 11.2. The van der Waals surface area contributed by atoms with E-state index in [4.69, 9.17) is 9.47 Å². The first-order valence-electron chi connectivity index (χ1n) is 7.43. The average molecular weight is 294 g/mol. The molecule has 2 aromatic rings. The third kappa shape index (κ3) is 5.13. The number of hydrogen-bond acceptors (Lipinski definition) is 2. The van der Waals surface area contributed by atoms with Crippen LogP contribution in [0.2, 0.25) is 0 Å². The first-order chi connectivity index (χ1) is 10.8. The molecule has 0 heterocycles. The molecule has 2 nitrogen and oxygen atoms in total. The summed E-state index contributed by atoms with van der Waals surface area (Å²) in [6, 6.07) is 16.1. The van der Waals surface area contributed by atoms with Crippen LogP contribution < -0.4 is 9.47 Å². The summed E-state index contributed by atoms with van der Waals surface area (Å²) >= 11 is 0.